The number of carbonyl (C=O) groups excluding carboxylic acids is 1. The summed E-state index contributed by atoms with van der Waals surface area (Å²) in [6.07, 6.45) is 4.42. The number of nitrogens with one attached hydrogen (secondary N) is 1. The quantitative estimate of drug-likeness (QED) is 0.805. The second kappa shape index (κ2) is 5.97. The van der Waals surface area contributed by atoms with Crippen molar-refractivity contribution < 1.29 is 4.79 Å². The predicted octanol–water partition coefficient (Wildman–Crippen LogP) is 2.92. The van der Waals surface area contributed by atoms with Crippen LogP contribution < -0.4 is 5.32 Å². The average Bonchev–Trinajstić information content (AvgIpc) is 2.98. The molecule has 0 spiro atoms. The Morgan fingerprint density at radius 1 is 1.27 bits per heavy atom. The highest BCUT2D eigenvalue weighted by Crippen LogP contribution is 2.22. The van der Waals surface area contributed by atoms with Gasteiger partial charge in [-0.05, 0) is 25.0 Å². The van der Waals surface area contributed by atoms with Crippen LogP contribution >= 0.6 is 0 Å². The van der Waals surface area contributed by atoms with E-state index >= 15 is 0 Å². The van der Waals surface area contributed by atoms with Crippen molar-refractivity contribution in [2.45, 2.75) is 26.3 Å². The molecular formula is C17H18N4O. The maximum absolute atomic E-state index is 12.2. The van der Waals surface area contributed by atoms with Gasteiger partial charge in [0.15, 0.2) is 5.65 Å². The van der Waals surface area contributed by atoms with Crippen molar-refractivity contribution in [1.82, 2.24) is 19.9 Å². The van der Waals surface area contributed by atoms with Gasteiger partial charge in [-0.2, -0.15) is 5.10 Å². The number of amides is 1. The van der Waals surface area contributed by atoms with Crippen LogP contribution in [0.1, 0.15) is 30.8 Å². The van der Waals surface area contributed by atoms with Crippen LogP contribution in [0.2, 0.25) is 0 Å². The Kier molecular flexibility index (Phi) is 3.87. The average molecular weight is 294 g/mol. The number of carbonyl (C=O) groups is 1. The van der Waals surface area contributed by atoms with E-state index in [0.717, 1.165) is 17.5 Å². The summed E-state index contributed by atoms with van der Waals surface area (Å²) in [5, 5.41) is 7.23. The van der Waals surface area contributed by atoms with Crippen molar-refractivity contribution >= 4 is 11.6 Å². The number of hydrogen-bond donors (Lipinski definition) is 1. The first-order chi connectivity index (χ1) is 10.7. The molecule has 2 aromatic heterocycles. The van der Waals surface area contributed by atoms with Gasteiger partial charge in [0.25, 0.3) is 5.91 Å². The lowest BCUT2D eigenvalue weighted by Crippen LogP contribution is -2.32. The number of nitrogens with zero attached hydrogens (tertiary/aromatic N) is 3. The molecule has 0 aliphatic carbocycles. The molecule has 0 saturated heterocycles. The highest BCUT2D eigenvalue weighted by molar-refractivity contribution is 5.93. The Labute approximate surface area is 129 Å². The Morgan fingerprint density at radius 2 is 2.05 bits per heavy atom. The van der Waals surface area contributed by atoms with Crippen LogP contribution in [0.5, 0.6) is 0 Å². The van der Waals surface area contributed by atoms with E-state index in [-0.39, 0.29) is 11.9 Å². The van der Waals surface area contributed by atoms with E-state index in [2.05, 4.69) is 15.4 Å². The van der Waals surface area contributed by atoms with Gasteiger partial charge in [-0.3, -0.25) is 4.79 Å². The van der Waals surface area contributed by atoms with Gasteiger partial charge in [0.2, 0.25) is 0 Å². The maximum Gasteiger partial charge on any atom is 0.270 e. The smallest absolute Gasteiger partial charge is 0.270 e. The van der Waals surface area contributed by atoms with E-state index in [1.54, 1.807) is 23.0 Å². The minimum absolute atomic E-state index is 0.129. The fourth-order valence-corrected chi connectivity index (χ4v) is 2.22. The standard InChI is InChI=1S/C17H18N4O/c1-3-12(2)19-17(22)15-9-10-21-16(20-15)14(11-18-21)13-7-5-4-6-8-13/h4-12H,3H2,1-2H3,(H,19,22). The summed E-state index contributed by atoms with van der Waals surface area (Å²) in [5.41, 5.74) is 3.04. The fourth-order valence-electron chi connectivity index (χ4n) is 2.22. The van der Waals surface area contributed by atoms with Gasteiger partial charge in [0, 0.05) is 17.8 Å². The zero-order chi connectivity index (χ0) is 15.5. The molecule has 0 saturated carbocycles. The first-order valence-electron chi connectivity index (χ1n) is 7.39. The normalized spacial score (nSPS) is 12.3. The van der Waals surface area contributed by atoms with Crippen LogP contribution in [0.15, 0.2) is 48.8 Å². The molecule has 1 unspecified atom stereocenters. The zero-order valence-corrected chi connectivity index (χ0v) is 12.7. The highest BCUT2D eigenvalue weighted by Gasteiger charge is 2.13. The van der Waals surface area contributed by atoms with Gasteiger partial charge in [-0.25, -0.2) is 9.50 Å². The molecule has 3 rings (SSSR count). The molecule has 2 heterocycles. The summed E-state index contributed by atoms with van der Waals surface area (Å²) in [6, 6.07) is 11.7. The number of hydrogen-bond acceptors (Lipinski definition) is 3. The molecule has 0 aliphatic rings. The lowest BCUT2D eigenvalue weighted by atomic mass is 10.1. The molecule has 0 bridgehead atoms. The SMILES string of the molecule is CCC(C)NC(=O)c1ccn2ncc(-c3ccccc3)c2n1. The number of fused-ring (bicyclic) bond motifs is 1. The third-order valence-electron chi connectivity index (χ3n) is 3.68. The molecule has 1 amide bonds. The molecule has 0 aliphatic heterocycles. The summed E-state index contributed by atoms with van der Waals surface area (Å²) in [5.74, 6) is -0.155. The first-order valence-corrected chi connectivity index (χ1v) is 7.39. The maximum atomic E-state index is 12.2. The summed E-state index contributed by atoms with van der Waals surface area (Å²) >= 11 is 0. The Bertz CT molecular complexity index is 795. The van der Waals surface area contributed by atoms with E-state index in [9.17, 15) is 4.79 Å². The van der Waals surface area contributed by atoms with Crippen molar-refractivity contribution in [3.05, 3.63) is 54.5 Å². The third-order valence-corrected chi connectivity index (χ3v) is 3.68. The van der Waals surface area contributed by atoms with Gasteiger partial charge in [0.05, 0.1) is 6.20 Å². The van der Waals surface area contributed by atoms with E-state index in [1.807, 2.05) is 44.2 Å². The van der Waals surface area contributed by atoms with Crippen LogP contribution in [0, 0.1) is 0 Å². The van der Waals surface area contributed by atoms with Gasteiger partial charge >= 0.3 is 0 Å². The van der Waals surface area contributed by atoms with Crippen LogP contribution in [-0.4, -0.2) is 26.5 Å². The minimum atomic E-state index is -0.155. The summed E-state index contributed by atoms with van der Waals surface area (Å²) < 4.78 is 1.68. The Balaban J connectivity index is 2.00. The second-order valence-corrected chi connectivity index (χ2v) is 5.29. The van der Waals surface area contributed by atoms with Crippen molar-refractivity contribution in [3.63, 3.8) is 0 Å². The molecule has 5 heteroatoms. The van der Waals surface area contributed by atoms with E-state index in [0.29, 0.717) is 11.3 Å². The Morgan fingerprint density at radius 3 is 2.77 bits per heavy atom. The van der Waals surface area contributed by atoms with Crippen molar-refractivity contribution in [2.24, 2.45) is 0 Å². The molecule has 0 fully saturated rings. The predicted molar refractivity (Wildman–Crippen MR) is 85.6 cm³/mol. The van der Waals surface area contributed by atoms with E-state index in [1.165, 1.54) is 0 Å². The van der Waals surface area contributed by atoms with Gasteiger partial charge in [-0.1, -0.05) is 37.3 Å². The Hall–Kier alpha value is -2.69. The zero-order valence-electron chi connectivity index (χ0n) is 12.7. The molecule has 112 valence electrons. The lowest BCUT2D eigenvalue weighted by Gasteiger charge is -2.10. The molecule has 5 nitrogen and oxygen atoms in total. The van der Waals surface area contributed by atoms with Crippen molar-refractivity contribution in [3.8, 4) is 11.1 Å². The third kappa shape index (κ3) is 2.70. The largest absolute Gasteiger partial charge is 0.348 e. The van der Waals surface area contributed by atoms with Crippen LogP contribution in [-0.2, 0) is 0 Å². The highest BCUT2D eigenvalue weighted by atomic mass is 16.1. The summed E-state index contributed by atoms with van der Waals surface area (Å²) in [7, 11) is 0. The van der Waals surface area contributed by atoms with Gasteiger partial charge in [-0.15, -0.1) is 0 Å². The van der Waals surface area contributed by atoms with Gasteiger partial charge in [0.1, 0.15) is 5.69 Å². The first kappa shape index (κ1) is 14.3. The monoisotopic (exact) mass is 294 g/mol. The molecular weight excluding hydrogens is 276 g/mol. The molecule has 3 aromatic rings. The molecule has 0 radical (unpaired) electrons. The number of aromatic nitrogens is 3. The van der Waals surface area contributed by atoms with Crippen LogP contribution in [0.25, 0.3) is 16.8 Å². The van der Waals surface area contributed by atoms with E-state index in [4.69, 9.17) is 0 Å². The van der Waals surface area contributed by atoms with E-state index < -0.39 is 0 Å². The second-order valence-electron chi connectivity index (χ2n) is 5.29. The topological polar surface area (TPSA) is 59.3 Å². The van der Waals surface area contributed by atoms with Crippen LogP contribution in [0.4, 0.5) is 0 Å². The lowest BCUT2D eigenvalue weighted by molar-refractivity contribution is 0.0934. The summed E-state index contributed by atoms with van der Waals surface area (Å²) in [4.78, 5) is 16.7. The minimum Gasteiger partial charge on any atom is -0.348 e. The number of rotatable bonds is 4. The fraction of sp³-hybridized carbons (Fsp3) is 0.235. The molecule has 22 heavy (non-hydrogen) atoms. The van der Waals surface area contributed by atoms with Crippen LogP contribution in [0.3, 0.4) is 0 Å². The molecule has 1 aromatic carbocycles. The number of benzene rings is 1. The van der Waals surface area contributed by atoms with Crippen molar-refractivity contribution in [1.29, 1.82) is 0 Å². The molecule has 1 atom stereocenters. The summed E-state index contributed by atoms with van der Waals surface area (Å²) in [6.45, 7) is 4.01. The molecule has 1 N–H and O–H groups in total. The van der Waals surface area contributed by atoms with Crippen molar-refractivity contribution in [2.75, 3.05) is 0 Å². The van der Waals surface area contributed by atoms with Gasteiger partial charge < -0.3 is 5.32 Å².